The smallest absolute Gasteiger partial charge is 0.128 e. The van der Waals surface area contributed by atoms with Gasteiger partial charge in [-0.1, -0.05) is 6.58 Å². The molecule has 0 saturated carbocycles. The molecule has 104 valence electrons. The molecule has 0 spiro atoms. The number of benzene rings is 1. The highest BCUT2D eigenvalue weighted by atomic mass is 16.6. The molecule has 0 bridgehead atoms. The Labute approximate surface area is 114 Å². The molecule has 0 radical (unpaired) electrons. The Kier molecular flexibility index (Phi) is 5.15. The molecule has 0 aliphatic heterocycles. The van der Waals surface area contributed by atoms with Gasteiger partial charge in [-0.25, -0.2) is 0 Å². The summed E-state index contributed by atoms with van der Waals surface area (Å²) in [5.74, 6) is 6.47. The van der Waals surface area contributed by atoms with Gasteiger partial charge in [0.25, 0.3) is 0 Å². The molecule has 1 atom stereocenters. The van der Waals surface area contributed by atoms with E-state index in [2.05, 4.69) is 6.58 Å². The first-order chi connectivity index (χ1) is 8.90. The normalized spacial score (nSPS) is 13.6. The van der Waals surface area contributed by atoms with E-state index in [1.807, 2.05) is 19.1 Å². The van der Waals surface area contributed by atoms with Crippen molar-refractivity contribution in [2.24, 2.45) is 5.90 Å². The lowest BCUT2D eigenvalue weighted by atomic mass is 9.95. The Balaban J connectivity index is 3.47. The Bertz CT molecular complexity index is 504. The van der Waals surface area contributed by atoms with Gasteiger partial charge >= 0.3 is 0 Å². The molecular formula is C15H21NO3. The van der Waals surface area contributed by atoms with E-state index in [9.17, 15) is 5.11 Å². The van der Waals surface area contributed by atoms with Crippen LogP contribution < -0.4 is 10.6 Å². The number of methoxy groups -OCH3 is 1. The first kappa shape index (κ1) is 15.3. The van der Waals surface area contributed by atoms with Crippen molar-refractivity contribution in [3.63, 3.8) is 0 Å². The summed E-state index contributed by atoms with van der Waals surface area (Å²) in [6.45, 7) is 9.28. The van der Waals surface area contributed by atoms with Gasteiger partial charge in [0.05, 0.1) is 13.2 Å². The second-order valence-electron chi connectivity index (χ2n) is 4.50. The molecular weight excluding hydrogens is 242 g/mol. The zero-order chi connectivity index (χ0) is 14.6. The largest absolute Gasteiger partial charge is 0.497 e. The maximum Gasteiger partial charge on any atom is 0.128 e. The molecule has 1 aromatic rings. The molecule has 0 aliphatic carbocycles. The van der Waals surface area contributed by atoms with Gasteiger partial charge in [-0.3, -0.25) is 0 Å². The van der Waals surface area contributed by atoms with Gasteiger partial charge in [-0.05, 0) is 55.7 Å². The van der Waals surface area contributed by atoms with Crippen molar-refractivity contribution < 1.29 is 14.7 Å². The quantitative estimate of drug-likeness (QED) is 0.487. The molecule has 4 nitrogen and oxygen atoms in total. The number of hydrogen-bond donors (Lipinski definition) is 2. The van der Waals surface area contributed by atoms with Crippen molar-refractivity contribution in [3.8, 4) is 5.75 Å². The van der Waals surface area contributed by atoms with E-state index < -0.39 is 6.10 Å². The number of aliphatic hydroxyl groups excluding tert-OH is 1. The summed E-state index contributed by atoms with van der Waals surface area (Å²) in [6, 6.07) is 5.53. The van der Waals surface area contributed by atoms with E-state index in [0.29, 0.717) is 11.5 Å². The Morgan fingerprint density at radius 2 is 1.95 bits per heavy atom. The number of allylic oxidation sites excluding steroid dienone is 3. The first-order valence-corrected chi connectivity index (χ1v) is 6.01. The SMILES string of the molecule is C=C(C)/C(=C(/C)ON)c1cc(OC)cc(C(C)O)c1. The van der Waals surface area contributed by atoms with E-state index in [1.54, 1.807) is 27.0 Å². The summed E-state index contributed by atoms with van der Waals surface area (Å²) in [4.78, 5) is 4.82. The van der Waals surface area contributed by atoms with Crippen LogP contribution in [0.1, 0.15) is 38.0 Å². The third kappa shape index (κ3) is 3.59. The lowest BCUT2D eigenvalue weighted by Crippen LogP contribution is -2.02. The van der Waals surface area contributed by atoms with E-state index in [0.717, 1.165) is 22.3 Å². The third-order valence-corrected chi connectivity index (χ3v) is 2.89. The van der Waals surface area contributed by atoms with Crippen molar-refractivity contribution >= 4 is 5.57 Å². The second-order valence-corrected chi connectivity index (χ2v) is 4.50. The van der Waals surface area contributed by atoms with Gasteiger partial charge in [0.2, 0.25) is 0 Å². The fourth-order valence-corrected chi connectivity index (χ4v) is 1.93. The topological polar surface area (TPSA) is 64.7 Å². The van der Waals surface area contributed by atoms with Gasteiger partial charge in [0.15, 0.2) is 0 Å². The molecule has 1 unspecified atom stereocenters. The highest BCUT2D eigenvalue weighted by molar-refractivity contribution is 5.80. The van der Waals surface area contributed by atoms with Crippen LogP contribution in [0.4, 0.5) is 0 Å². The highest BCUT2D eigenvalue weighted by Gasteiger charge is 2.13. The standard InChI is InChI=1S/C15H21NO3/c1-9(2)15(11(4)19-16)13-6-12(10(3)17)7-14(8-13)18-5/h6-8,10,17H,1,16H2,2-5H3/b15-11+. The first-order valence-electron chi connectivity index (χ1n) is 6.01. The van der Waals surface area contributed by atoms with Crippen molar-refractivity contribution in [1.29, 1.82) is 0 Å². The van der Waals surface area contributed by atoms with Gasteiger partial charge in [0.1, 0.15) is 11.5 Å². The van der Waals surface area contributed by atoms with Crippen molar-refractivity contribution in [2.45, 2.75) is 26.9 Å². The number of ether oxygens (including phenoxy) is 1. The number of hydrogen-bond acceptors (Lipinski definition) is 4. The van der Waals surface area contributed by atoms with Crippen LogP contribution in [0.5, 0.6) is 5.75 Å². The van der Waals surface area contributed by atoms with Crippen molar-refractivity contribution in [3.05, 3.63) is 47.2 Å². The van der Waals surface area contributed by atoms with E-state index in [-0.39, 0.29) is 0 Å². The van der Waals surface area contributed by atoms with Crippen LogP contribution >= 0.6 is 0 Å². The number of rotatable bonds is 5. The predicted molar refractivity (Wildman–Crippen MR) is 76.3 cm³/mol. The minimum absolute atomic E-state index is 0.567. The predicted octanol–water partition coefficient (Wildman–Crippen LogP) is 2.95. The molecule has 0 amide bonds. The fraction of sp³-hybridized carbons (Fsp3) is 0.333. The highest BCUT2D eigenvalue weighted by Crippen LogP contribution is 2.31. The van der Waals surface area contributed by atoms with Crippen LogP contribution in [-0.4, -0.2) is 12.2 Å². The van der Waals surface area contributed by atoms with Crippen LogP contribution in [-0.2, 0) is 4.84 Å². The average Bonchev–Trinajstić information content (AvgIpc) is 2.37. The lowest BCUT2D eigenvalue weighted by Gasteiger charge is -2.15. The van der Waals surface area contributed by atoms with Crippen LogP contribution in [0, 0.1) is 0 Å². The molecule has 0 aliphatic rings. The van der Waals surface area contributed by atoms with Crippen molar-refractivity contribution in [2.75, 3.05) is 7.11 Å². The maximum atomic E-state index is 9.73. The summed E-state index contributed by atoms with van der Waals surface area (Å²) in [5, 5.41) is 9.73. The molecule has 1 rings (SSSR count). The maximum absolute atomic E-state index is 9.73. The Morgan fingerprint density at radius 3 is 2.37 bits per heavy atom. The van der Waals surface area contributed by atoms with E-state index >= 15 is 0 Å². The van der Waals surface area contributed by atoms with Crippen LogP contribution in [0.15, 0.2) is 36.1 Å². The van der Waals surface area contributed by atoms with Gasteiger partial charge in [-0.2, -0.15) is 5.90 Å². The Morgan fingerprint density at radius 1 is 1.32 bits per heavy atom. The summed E-state index contributed by atoms with van der Waals surface area (Å²) < 4.78 is 5.25. The van der Waals surface area contributed by atoms with Gasteiger partial charge in [-0.15, -0.1) is 0 Å². The van der Waals surface area contributed by atoms with E-state index in [1.165, 1.54) is 0 Å². The van der Waals surface area contributed by atoms with Gasteiger partial charge < -0.3 is 14.7 Å². The monoisotopic (exact) mass is 263 g/mol. The second kappa shape index (κ2) is 6.41. The molecule has 0 heterocycles. The zero-order valence-corrected chi connectivity index (χ0v) is 11.9. The molecule has 0 saturated heterocycles. The zero-order valence-electron chi connectivity index (χ0n) is 11.9. The Hall–Kier alpha value is -1.78. The van der Waals surface area contributed by atoms with E-state index in [4.69, 9.17) is 15.5 Å². The number of aliphatic hydroxyl groups is 1. The molecule has 1 aromatic carbocycles. The molecule has 0 fully saturated rings. The lowest BCUT2D eigenvalue weighted by molar-refractivity contribution is 0.198. The molecule has 4 heteroatoms. The van der Waals surface area contributed by atoms with Gasteiger partial charge in [0, 0.05) is 5.57 Å². The summed E-state index contributed by atoms with van der Waals surface area (Å²) >= 11 is 0. The van der Waals surface area contributed by atoms with Crippen molar-refractivity contribution in [1.82, 2.24) is 0 Å². The minimum Gasteiger partial charge on any atom is -0.497 e. The summed E-state index contributed by atoms with van der Waals surface area (Å²) in [7, 11) is 1.58. The van der Waals surface area contributed by atoms with Crippen LogP contribution in [0.25, 0.3) is 5.57 Å². The van der Waals surface area contributed by atoms with Crippen LogP contribution in [0.2, 0.25) is 0 Å². The summed E-state index contributed by atoms with van der Waals surface area (Å²) in [6.07, 6.45) is -0.584. The minimum atomic E-state index is -0.584. The fourth-order valence-electron chi connectivity index (χ4n) is 1.93. The van der Waals surface area contributed by atoms with Crippen LogP contribution in [0.3, 0.4) is 0 Å². The number of nitrogens with two attached hydrogens (primary N) is 1. The third-order valence-electron chi connectivity index (χ3n) is 2.89. The average molecular weight is 263 g/mol. The summed E-state index contributed by atoms with van der Waals surface area (Å²) in [5.41, 5.74) is 3.25. The molecule has 3 N–H and O–H groups in total. The molecule has 19 heavy (non-hydrogen) atoms. The molecule has 0 aromatic heterocycles.